The molecule has 0 radical (unpaired) electrons. The van der Waals surface area contributed by atoms with Gasteiger partial charge in [0.2, 0.25) is 0 Å². The van der Waals surface area contributed by atoms with Crippen molar-refractivity contribution < 1.29 is 0 Å². The van der Waals surface area contributed by atoms with Gasteiger partial charge in [-0.1, -0.05) is 6.92 Å². The molecular formula is C13H22ClN3S. The molecule has 0 N–H and O–H groups in total. The van der Waals surface area contributed by atoms with Crippen LogP contribution in [0.5, 0.6) is 0 Å². The third-order valence-corrected chi connectivity index (χ3v) is 4.61. The van der Waals surface area contributed by atoms with Crippen molar-refractivity contribution in [1.82, 2.24) is 14.8 Å². The van der Waals surface area contributed by atoms with Crippen molar-refractivity contribution in [1.29, 1.82) is 0 Å². The molecule has 1 aliphatic heterocycles. The Morgan fingerprint density at radius 2 is 1.89 bits per heavy atom. The van der Waals surface area contributed by atoms with Gasteiger partial charge in [-0.05, 0) is 13.0 Å². The summed E-state index contributed by atoms with van der Waals surface area (Å²) < 4.78 is 0. The first kappa shape index (κ1) is 14.3. The van der Waals surface area contributed by atoms with Crippen LogP contribution in [-0.2, 0) is 12.3 Å². The van der Waals surface area contributed by atoms with Crippen molar-refractivity contribution in [2.24, 2.45) is 0 Å². The molecule has 3 nitrogen and oxygen atoms in total. The van der Waals surface area contributed by atoms with Crippen LogP contribution < -0.4 is 0 Å². The molecule has 2 rings (SSSR count). The van der Waals surface area contributed by atoms with Gasteiger partial charge in [-0.15, -0.1) is 22.9 Å². The molecule has 0 saturated carbocycles. The van der Waals surface area contributed by atoms with E-state index >= 15 is 0 Å². The zero-order chi connectivity index (χ0) is 12.8. The average molecular weight is 288 g/mol. The fourth-order valence-corrected chi connectivity index (χ4v) is 3.35. The molecule has 18 heavy (non-hydrogen) atoms. The van der Waals surface area contributed by atoms with Crippen LogP contribution in [0.15, 0.2) is 5.38 Å². The molecule has 0 bridgehead atoms. The van der Waals surface area contributed by atoms with Crippen LogP contribution in [0.4, 0.5) is 0 Å². The summed E-state index contributed by atoms with van der Waals surface area (Å²) in [6.45, 7) is 9.48. The van der Waals surface area contributed by atoms with Crippen molar-refractivity contribution >= 4 is 22.9 Å². The molecule has 102 valence electrons. The normalized spacial score (nSPS) is 18.3. The van der Waals surface area contributed by atoms with Crippen LogP contribution in [0.2, 0.25) is 0 Å². The number of piperazine rings is 1. The van der Waals surface area contributed by atoms with Gasteiger partial charge in [0.1, 0.15) is 0 Å². The Bertz CT molecular complexity index is 348. The maximum Gasteiger partial charge on any atom is 0.0941 e. The Hall–Kier alpha value is -0.160. The molecule has 2 heterocycles. The summed E-state index contributed by atoms with van der Waals surface area (Å²) in [5.41, 5.74) is 1.02. The smallest absolute Gasteiger partial charge is 0.0941 e. The molecular weight excluding hydrogens is 266 g/mol. The molecule has 1 aromatic heterocycles. The second-order valence-corrected chi connectivity index (χ2v) is 6.01. The first-order chi connectivity index (χ1) is 8.81. The maximum atomic E-state index is 5.76. The molecule has 5 heteroatoms. The van der Waals surface area contributed by atoms with Gasteiger partial charge in [0.15, 0.2) is 0 Å². The van der Waals surface area contributed by atoms with Gasteiger partial charge in [-0.25, -0.2) is 4.98 Å². The van der Waals surface area contributed by atoms with E-state index in [-0.39, 0.29) is 0 Å². The number of aromatic nitrogens is 1. The lowest BCUT2D eigenvalue weighted by Crippen LogP contribution is -2.46. The minimum atomic E-state index is 0.534. The third kappa shape index (κ3) is 4.19. The van der Waals surface area contributed by atoms with Gasteiger partial charge >= 0.3 is 0 Å². The molecule has 0 aromatic carbocycles. The predicted molar refractivity (Wildman–Crippen MR) is 78.5 cm³/mol. The molecule has 0 unspecified atom stereocenters. The summed E-state index contributed by atoms with van der Waals surface area (Å²) in [5.74, 6) is 0.534. The molecule has 0 atom stereocenters. The minimum Gasteiger partial charge on any atom is -0.301 e. The highest BCUT2D eigenvalue weighted by molar-refractivity contribution is 7.09. The van der Waals surface area contributed by atoms with E-state index in [0.717, 1.165) is 18.7 Å². The van der Waals surface area contributed by atoms with E-state index in [4.69, 9.17) is 11.6 Å². The van der Waals surface area contributed by atoms with Gasteiger partial charge in [-0.3, -0.25) is 0 Å². The Kier molecular flexibility index (Phi) is 5.89. The second kappa shape index (κ2) is 7.43. The van der Waals surface area contributed by atoms with Crippen LogP contribution in [-0.4, -0.2) is 54.1 Å². The minimum absolute atomic E-state index is 0.534. The Morgan fingerprint density at radius 3 is 2.44 bits per heavy atom. The largest absolute Gasteiger partial charge is 0.301 e. The zero-order valence-electron chi connectivity index (χ0n) is 11.1. The van der Waals surface area contributed by atoms with Crippen LogP contribution in [0.25, 0.3) is 0 Å². The average Bonchev–Trinajstić information content (AvgIpc) is 2.86. The van der Waals surface area contributed by atoms with Crippen molar-refractivity contribution in [3.63, 3.8) is 0 Å². The number of hydrogen-bond acceptors (Lipinski definition) is 4. The van der Waals surface area contributed by atoms with Gasteiger partial charge in [-0.2, -0.15) is 0 Å². The number of hydrogen-bond donors (Lipinski definition) is 0. The van der Waals surface area contributed by atoms with Crippen LogP contribution in [0.3, 0.4) is 0 Å². The first-order valence-corrected chi connectivity index (χ1v) is 8.17. The van der Waals surface area contributed by atoms with E-state index in [9.17, 15) is 0 Å². The highest BCUT2D eigenvalue weighted by Gasteiger charge is 2.15. The SMILES string of the molecule is CCCN1CCN(CCc2nc(CCl)cs2)CC1. The number of nitrogens with zero attached hydrogens (tertiary/aromatic N) is 3. The number of alkyl halides is 1. The first-order valence-electron chi connectivity index (χ1n) is 6.75. The van der Waals surface area contributed by atoms with E-state index in [1.54, 1.807) is 11.3 Å². The fourth-order valence-electron chi connectivity index (χ4n) is 2.33. The number of rotatable bonds is 6. The molecule has 1 fully saturated rings. The molecule has 0 aliphatic carbocycles. The Labute approximate surface area is 119 Å². The summed E-state index contributed by atoms with van der Waals surface area (Å²) in [4.78, 5) is 9.62. The van der Waals surface area contributed by atoms with Crippen LogP contribution in [0, 0.1) is 0 Å². The third-order valence-electron chi connectivity index (χ3n) is 3.38. The van der Waals surface area contributed by atoms with Gasteiger partial charge in [0, 0.05) is 44.5 Å². The number of thiazole rings is 1. The molecule has 1 aromatic rings. The van der Waals surface area contributed by atoms with Crippen LogP contribution in [0.1, 0.15) is 24.0 Å². The lowest BCUT2D eigenvalue weighted by molar-refractivity contribution is 0.133. The maximum absolute atomic E-state index is 5.76. The Balaban J connectivity index is 1.68. The quantitative estimate of drug-likeness (QED) is 0.749. The monoisotopic (exact) mass is 287 g/mol. The summed E-state index contributed by atoms with van der Waals surface area (Å²) >= 11 is 7.50. The second-order valence-electron chi connectivity index (χ2n) is 4.80. The van der Waals surface area contributed by atoms with E-state index < -0.39 is 0 Å². The summed E-state index contributed by atoms with van der Waals surface area (Å²) in [5, 5.41) is 3.29. The zero-order valence-corrected chi connectivity index (χ0v) is 12.6. The summed E-state index contributed by atoms with van der Waals surface area (Å²) in [6.07, 6.45) is 2.33. The van der Waals surface area contributed by atoms with E-state index in [0.29, 0.717) is 5.88 Å². The van der Waals surface area contributed by atoms with E-state index in [1.807, 2.05) is 0 Å². The van der Waals surface area contributed by atoms with Crippen molar-refractivity contribution in [2.45, 2.75) is 25.6 Å². The summed E-state index contributed by atoms with van der Waals surface area (Å²) in [7, 11) is 0. The fraction of sp³-hybridized carbons (Fsp3) is 0.769. The highest BCUT2D eigenvalue weighted by atomic mass is 35.5. The van der Waals surface area contributed by atoms with Crippen LogP contribution >= 0.6 is 22.9 Å². The molecule has 0 amide bonds. The molecule has 1 aliphatic rings. The van der Waals surface area contributed by atoms with Gasteiger partial charge in [0.25, 0.3) is 0 Å². The van der Waals surface area contributed by atoms with E-state index in [2.05, 4.69) is 27.1 Å². The number of halogens is 1. The lowest BCUT2D eigenvalue weighted by atomic mass is 10.3. The van der Waals surface area contributed by atoms with Gasteiger partial charge < -0.3 is 9.80 Å². The van der Waals surface area contributed by atoms with Crippen molar-refractivity contribution in [2.75, 3.05) is 39.3 Å². The van der Waals surface area contributed by atoms with E-state index in [1.165, 1.54) is 44.2 Å². The summed E-state index contributed by atoms with van der Waals surface area (Å²) in [6, 6.07) is 0. The van der Waals surface area contributed by atoms with Crippen molar-refractivity contribution in [3.05, 3.63) is 16.1 Å². The topological polar surface area (TPSA) is 19.4 Å². The Morgan fingerprint density at radius 1 is 1.22 bits per heavy atom. The predicted octanol–water partition coefficient (Wildman–Crippen LogP) is 2.45. The standard InChI is InChI=1S/C13H22ClN3S/c1-2-4-16-6-8-17(9-7-16)5-3-13-15-12(10-14)11-18-13/h11H,2-10H2,1H3. The molecule has 1 saturated heterocycles. The highest BCUT2D eigenvalue weighted by Crippen LogP contribution is 2.13. The molecule has 0 spiro atoms. The van der Waals surface area contributed by atoms with Crippen molar-refractivity contribution in [3.8, 4) is 0 Å². The lowest BCUT2D eigenvalue weighted by Gasteiger charge is -2.34. The van der Waals surface area contributed by atoms with Gasteiger partial charge in [0.05, 0.1) is 16.6 Å².